The highest BCUT2D eigenvalue weighted by Crippen LogP contribution is 2.27. The van der Waals surface area contributed by atoms with Crippen molar-refractivity contribution in [2.45, 2.75) is 53.1 Å². The molecule has 0 saturated carbocycles. The van der Waals surface area contributed by atoms with Crippen molar-refractivity contribution in [2.24, 2.45) is 0 Å². The largest absolute Gasteiger partial charge is 0.497 e. The molecule has 164 valence electrons. The van der Waals surface area contributed by atoms with Gasteiger partial charge < -0.3 is 10.1 Å². The third-order valence-electron chi connectivity index (χ3n) is 5.35. The predicted octanol–water partition coefficient (Wildman–Crippen LogP) is 4.04. The second kappa shape index (κ2) is 9.51. The van der Waals surface area contributed by atoms with Crippen molar-refractivity contribution < 1.29 is 17.9 Å². The highest BCUT2D eigenvalue weighted by atomic mass is 32.2. The highest BCUT2D eigenvalue weighted by Gasteiger charge is 2.32. The first-order valence-corrected chi connectivity index (χ1v) is 11.9. The third kappa shape index (κ3) is 5.33. The molecule has 0 aromatic heterocycles. The normalized spacial score (nSPS) is 13.4. The minimum Gasteiger partial charge on any atom is -0.497 e. The Kier molecular flexibility index (Phi) is 7.53. The molecule has 0 heterocycles. The molecule has 0 aliphatic carbocycles. The number of hydrogen-bond donors (Lipinski definition) is 1. The molecule has 2 rings (SSSR count). The Hall–Kier alpha value is -2.54. The highest BCUT2D eigenvalue weighted by molar-refractivity contribution is 7.92. The number of anilines is 1. The first kappa shape index (κ1) is 23.7. The lowest BCUT2D eigenvalue weighted by Gasteiger charge is -2.31. The Morgan fingerprint density at radius 1 is 1.10 bits per heavy atom. The fraction of sp³-hybridized carbons (Fsp3) is 0.435. The summed E-state index contributed by atoms with van der Waals surface area (Å²) in [5, 5.41) is 3.01. The minimum atomic E-state index is -3.70. The molecule has 0 radical (unpaired) electrons. The number of methoxy groups -OCH3 is 1. The topological polar surface area (TPSA) is 75.7 Å². The van der Waals surface area contributed by atoms with Gasteiger partial charge in [-0.15, -0.1) is 0 Å². The molecule has 2 aromatic carbocycles. The zero-order valence-corrected chi connectivity index (χ0v) is 19.6. The van der Waals surface area contributed by atoms with Gasteiger partial charge in [0.1, 0.15) is 11.8 Å². The Labute approximate surface area is 180 Å². The van der Waals surface area contributed by atoms with Gasteiger partial charge in [0.05, 0.1) is 25.1 Å². The standard InChI is InChI=1S/C23H32N2O4S/c1-8-22(25(30(7,27)28)19-10-9-11-20(14-19)29-6)23(26)24-18(5)21-13-16(3)15(2)12-17(21)4/h9-14,18,22H,8H2,1-7H3,(H,24,26)/t18-,22+/m1/s1. The van der Waals surface area contributed by atoms with Crippen molar-refractivity contribution in [3.63, 3.8) is 0 Å². The Morgan fingerprint density at radius 2 is 1.73 bits per heavy atom. The van der Waals surface area contributed by atoms with Crippen LogP contribution in [0.2, 0.25) is 0 Å². The lowest BCUT2D eigenvalue weighted by molar-refractivity contribution is -0.122. The van der Waals surface area contributed by atoms with Crippen molar-refractivity contribution in [3.05, 3.63) is 58.7 Å². The maximum absolute atomic E-state index is 13.2. The molecule has 2 atom stereocenters. The van der Waals surface area contributed by atoms with Crippen LogP contribution in [0.15, 0.2) is 36.4 Å². The molecule has 0 aliphatic heterocycles. The smallest absolute Gasteiger partial charge is 0.244 e. The van der Waals surface area contributed by atoms with E-state index in [1.54, 1.807) is 31.2 Å². The molecule has 1 N–H and O–H groups in total. The molecule has 30 heavy (non-hydrogen) atoms. The number of rotatable bonds is 8. The second-order valence-electron chi connectivity index (χ2n) is 7.71. The van der Waals surface area contributed by atoms with Crippen molar-refractivity contribution in [1.29, 1.82) is 0 Å². The quantitative estimate of drug-likeness (QED) is 0.683. The maximum Gasteiger partial charge on any atom is 0.244 e. The number of nitrogens with one attached hydrogen (secondary N) is 1. The van der Waals surface area contributed by atoms with Gasteiger partial charge in [-0.25, -0.2) is 8.42 Å². The van der Waals surface area contributed by atoms with E-state index >= 15 is 0 Å². The SMILES string of the molecule is CC[C@@H](C(=O)N[C@H](C)c1cc(C)c(C)cc1C)N(c1cccc(OC)c1)S(C)(=O)=O. The molecule has 0 fully saturated rings. The summed E-state index contributed by atoms with van der Waals surface area (Å²) in [7, 11) is -2.19. The van der Waals surface area contributed by atoms with Crippen LogP contribution in [0.3, 0.4) is 0 Å². The summed E-state index contributed by atoms with van der Waals surface area (Å²) in [6, 6.07) is 9.77. The Balaban J connectivity index is 2.37. The van der Waals surface area contributed by atoms with E-state index in [1.165, 1.54) is 17.0 Å². The molecular weight excluding hydrogens is 400 g/mol. The minimum absolute atomic E-state index is 0.252. The summed E-state index contributed by atoms with van der Waals surface area (Å²) in [6.45, 7) is 9.82. The van der Waals surface area contributed by atoms with Gasteiger partial charge in [0.15, 0.2) is 0 Å². The van der Waals surface area contributed by atoms with E-state index in [9.17, 15) is 13.2 Å². The number of carbonyl (C=O) groups excluding carboxylic acids is 1. The van der Waals surface area contributed by atoms with Crippen LogP contribution < -0.4 is 14.4 Å². The predicted molar refractivity (Wildman–Crippen MR) is 122 cm³/mol. The van der Waals surface area contributed by atoms with Crippen LogP contribution >= 0.6 is 0 Å². The first-order chi connectivity index (χ1) is 14.0. The lowest BCUT2D eigenvalue weighted by Crippen LogP contribution is -2.49. The Morgan fingerprint density at radius 3 is 2.30 bits per heavy atom. The molecule has 7 heteroatoms. The molecule has 0 bridgehead atoms. The van der Waals surface area contributed by atoms with Gasteiger partial charge in [-0.2, -0.15) is 0 Å². The second-order valence-corrected chi connectivity index (χ2v) is 9.57. The number of nitrogens with zero attached hydrogens (tertiary/aromatic N) is 1. The van der Waals surface area contributed by atoms with Gasteiger partial charge >= 0.3 is 0 Å². The van der Waals surface area contributed by atoms with Crippen molar-refractivity contribution in [2.75, 3.05) is 17.7 Å². The van der Waals surface area contributed by atoms with Gasteiger partial charge in [0, 0.05) is 6.07 Å². The number of ether oxygens (including phenoxy) is 1. The molecule has 0 aliphatic rings. The zero-order chi connectivity index (χ0) is 22.6. The molecular formula is C23H32N2O4S. The number of amides is 1. The molecule has 0 unspecified atom stereocenters. The summed E-state index contributed by atoms with van der Waals surface area (Å²) in [5.74, 6) is 0.186. The third-order valence-corrected chi connectivity index (χ3v) is 6.53. The van der Waals surface area contributed by atoms with Crippen molar-refractivity contribution in [1.82, 2.24) is 5.32 Å². The van der Waals surface area contributed by atoms with E-state index in [0.29, 0.717) is 17.9 Å². The van der Waals surface area contributed by atoms with Gasteiger partial charge in [-0.05, 0) is 68.5 Å². The fourth-order valence-electron chi connectivity index (χ4n) is 3.64. The summed E-state index contributed by atoms with van der Waals surface area (Å²) in [5.41, 5.74) is 4.86. The van der Waals surface area contributed by atoms with Gasteiger partial charge in [0.2, 0.25) is 15.9 Å². The average molecular weight is 433 g/mol. The molecule has 0 saturated heterocycles. The zero-order valence-electron chi connectivity index (χ0n) is 18.8. The summed E-state index contributed by atoms with van der Waals surface area (Å²) < 4.78 is 31.7. The van der Waals surface area contributed by atoms with E-state index in [-0.39, 0.29) is 11.9 Å². The van der Waals surface area contributed by atoms with Crippen LogP contribution in [0.25, 0.3) is 0 Å². The van der Waals surface area contributed by atoms with Crippen LogP contribution in [0.5, 0.6) is 5.75 Å². The van der Waals surface area contributed by atoms with E-state index in [1.807, 2.05) is 20.8 Å². The van der Waals surface area contributed by atoms with Crippen LogP contribution in [0.1, 0.15) is 48.6 Å². The number of benzene rings is 2. The van der Waals surface area contributed by atoms with Gasteiger partial charge in [0.25, 0.3) is 0 Å². The monoisotopic (exact) mass is 432 g/mol. The van der Waals surface area contributed by atoms with Gasteiger partial charge in [-0.3, -0.25) is 9.10 Å². The Bertz CT molecular complexity index is 1020. The van der Waals surface area contributed by atoms with Crippen LogP contribution in [0, 0.1) is 20.8 Å². The fourth-order valence-corrected chi connectivity index (χ4v) is 4.85. The average Bonchev–Trinajstić information content (AvgIpc) is 2.67. The van der Waals surface area contributed by atoms with Gasteiger partial charge in [-0.1, -0.05) is 25.1 Å². The van der Waals surface area contributed by atoms with E-state index in [2.05, 4.69) is 24.4 Å². The lowest BCUT2D eigenvalue weighted by atomic mass is 9.96. The van der Waals surface area contributed by atoms with E-state index in [4.69, 9.17) is 4.74 Å². The van der Waals surface area contributed by atoms with E-state index in [0.717, 1.165) is 22.9 Å². The van der Waals surface area contributed by atoms with Crippen molar-refractivity contribution >= 4 is 21.6 Å². The summed E-state index contributed by atoms with van der Waals surface area (Å²) >= 11 is 0. The number of aryl methyl sites for hydroxylation is 3. The summed E-state index contributed by atoms with van der Waals surface area (Å²) in [4.78, 5) is 13.2. The van der Waals surface area contributed by atoms with Crippen LogP contribution in [-0.4, -0.2) is 33.7 Å². The number of carbonyl (C=O) groups is 1. The molecule has 6 nitrogen and oxygen atoms in total. The first-order valence-electron chi connectivity index (χ1n) is 10.0. The molecule has 2 aromatic rings. The summed E-state index contributed by atoms with van der Waals surface area (Å²) in [6.07, 6.45) is 1.44. The van der Waals surface area contributed by atoms with Crippen LogP contribution in [0.4, 0.5) is 5.69 Å². The maximum atomic E-state index is 13.2. The van der Waals surface area contributed by atoms with Crippen LogP contribution in [-0.2, 0) is 14.8 Å². The molecule has 1 amide bonds. The van der Waals surface area contributed by atoms with Crippen molar-refractivity contribution in [3.8, 4) is 5.75 Å². The number of hydrogen-bond acceptors (Lipinski definition) is 4. The number of sulfonamides is 1. The molecule has 0 spiro atoms. The van der Waals surface area contributed by atoms with E-state index < -0.39 is 16.1 Å².